The van der Waals surface area contributed by atoms with E-state index in [9.17, 15) is 9.90 Å². The number of hydrogen-bond acceptors (Lipinski definition) is 6. The Balaban J connectivity index is 1.64. The summed E-state index contributed by atoms with van der Waals surface area (Å²) >= 11 is 0. The van der Waals surface area contributed by atoms with Crippen LogP contribution in [-0.4, -0.2) is 47.3 Å². The largest absolute Gasteiger partial charge is 0.496 e. The fraction of sp³-hybridized carbons (Fsp3) is 0.250. The molecule has 2 aromatic heterocycles. The lowest BCUT2D eigenvalue weighted by Crippen LogP contribution is -2.27. The monoisotopic (exact) mass is 417 g/mol. The van der Waals surface area contributed by atoms with Crippen molar-refractivity contribution < 1.29 is 14.3 Å². The molecule has 0 unspecified atom stereocenters. The molecule has 0 bridgehead atoms. The van der Waals surface area contributed by atoms with Gasteiger partial charge in [-0.05, 0) is 42.9 Å². The van der Waals surface area contributed by atoms with Crippen LogP contribution in [0.3, 0.4) is 0 Å². The molecule has 0 saturated carbocycles. The number of benzene rings is 2. The van der Waals surface area contributed by atoms with Gasteiger partial charge in [-0.25, -0.2) is 4.98 Å². The predicted molar refractivity (Wildman–Crippen MR) is 118 cm³/mol. The number of nitrogens with one attached hydrogen (secondary N) is 1. The number of H-pyrrole nitrogens is 1. The van der Waals surface area contributed by atoms with Crippen LogP contribution in [0.1, 0.15) is 17.2 Å². The van der Waals surface area contributed by atoms with E-state index in [4.69, 9.17) is 9.15 Å². The lowest BCUT2D eigenvalue weighted by molar-refractivity contribution is 0.0902. The van der Waals surface area contributed by atoms with Crippen LogP contribution in [0.15, 0.2) is 58.2 Å². The third kappa shape index (κ3) is 3.22. The molecule has 0 saturated heterocycles. The second-order valence-electron chi connectivity index (χ2n) is 8.10. The van der Waals surface area contributed by atoms with Crippen LogP contribution in [0.25, 0.3) is 33.5 Å². The third-order valence-electron chi connectivity index (χ3n) is 5.97. The first-order valence-electron chi connectivity index (χ1n) is 10.1. The first-order chi connectivity index (χ1) is 15.0. The van der Waals surface area contributed by atoms with Crippen molar-refractivity contribution in [2.45, 2.75) is 18.6 Å². The van der Waals surface area contributed by atoms with Gasteiger partial charge in [0.1, 0.15) is 5.75 Å². The van der Waals surface area contributed by atoms with Crippen molar-refractivity contribution in [1.82, 2.24) is 14.9 Å². The summed E-state index contributed by atoms with van der Waals surface area (Å²) in [5.41, 5.74) is 5.09. The van der Waals surface area contributed by atoms with Gasteiger partial charge in [0.05, 0.1) is 36.5 Å². The molecule has 2 aromatic carbocycles. The summed E-state index contributed by atoms with van der Waals surface area (Å²) in [4.78, 5) is 22.4. The van der Waals surface area contributed by atoms with E-state index in [2.05, 4.69) is 16.0 Å². The van der Waals surface area contributed by atoms with E-state index in [-0.39, 0.29) is 11.5 Å². The Labute approximate surface area is 178 Å². The Morgan fingerprint density at radius 1 is 1.23 bits per heavy atom. The number of likely N-dealkylation sites (N-methyl/N-ethyl adjacent to an activating group) is 1. The standard InChI is InChI=1S/C24H23N3O4/c1-27(2)24-15-6-14(5-4-13(15)7-21(24)29)18-9-20(28)16-8-17(23-11-25-12-31-23)22(30-3)10-19(16)26-18/h4-6,8-12,21,24,29H,7H2,1-3H3,(H,26,28)/t21-,24-/m0/s1. The van der Waals surface area contributed by atoms with Crippen molar-refractivity contribution in [1.29, 1.82) is 0 Å². The predicted octanol–water partition coefficient (Wildman–Crippen LogP) is 3.38. The molecule has 4 aromatic rings. The van der Waals surface area contributed by atoms with Gasteiger partial charge in [-0.15, -0.1) is 0 Å². The quantitative estimate of drug-likeness (QED) is 0.529. The highest BCUT2D eigenvalue weighted by Gasteiger charge is 2.32. The number of aliphatic hydroxyl groups is 1. The normalized spacial score (nSPS) is 18.0. The van der Waals surface area contributed by atoms with Crippen molar-refractivity contribution in [2.24, 2.45) is 0 Å². The minimum absolute atomic E-state index is 0.0633. The van der Waals surface area contributed by atoms with Gasteiger partial charge < -0.3 is 24.1 Å². The Kier molecular flexibility index (Phi) is 4.64. The molecule has 0 fully saturated rings. The smallest absolute Gasteiger partial charge is 0.190 e. The van der Waals surface area contributed by atoms with Gasteiger partial charge in [-0.1, -0.05) is 12.1 Å². The zero-order valence-corrected chi connectivity index (χ0v) is 17.5. The number of rotatable bonds is 4. The zero-order valence-electron chi connectivity index (χ0n) is 17.5. The summed E-state index contributed by atoms with van der Waals surface area (Å²) in [6.07, 6.45) is 3.13. The van der Waals surface area contributed by atoms with E-state index in [1.54, 1.807) is 31.5 Å². The molecule has 31 heavy (non-hydrogen) atoms. The van der Waals surface area contributed by atoms with Crippen LogP contribution >= 0.6 is 0 Å². The number of ether oxygens (including phenoxy) is 1. The van der Waals surface area contributed by atoms with Crippen LogP contribution in [0.2, 0.25) is 0 Å². The topological polar surface area (TPSA) is 91.6 Å². The summed E-state index contributed by atoms with van der Waals surface area (Å²) in [5.74, 6) is 1.12. The van der Waals surface area contributed by atoms with Gasteiger partial charge >= 0.3 is 0 Å². The third-order valence-corrected chi connectivity index (χ3v) is 5.97. The second-order valence-corrected chi connectivity index (χ2v) is 8.10. The fourth-order valence-electron chi connectivity index (χ4n) is 4.53. The van der Waals surface area contributed by atoms with Gasteiger partial charge in [0.25, 0.3) is 0 Å². The molecule has 1 aliphatic rings. The first kappa shape index (κ1) is 19.5. The molecule has 7 nitrogen and oxygen atoms in total. The summed E-state index contributed by atoms with van der Waals surface area (Å²) in [6, 6.07) is 11.2. The summed E-state index contributed by atoms with van der Waals surface area (Å²) in [7, 11) is 5.51. The molecule has 2 atom stereocenters. The minimum Gasteiger partial charge on any atom is -0.496 e. The average molecular weight is 417 g/mol. The van der Waals surface area contributed by atoms with E-state index in [1.807, 2.05) is 31.1 Å². The molecule has 5 rings (SSSR count). The van der Waals surface area contributed by atoms with E-state index < -0.39 is 6.10 Å². The minimum atomic E-state index is -0.435. The van der Waals surface area contributed by atoms with Crippen LogP contribution in [0.5, 0.6) is 5.75 Å². The Hall–Kier alpha value is -3.42. The number of nitrogens with zero attached hydrogens (tertiary/aromatic N) is 2. The molecular weight excluding hydrogens is 394 g/mol. The number of oxazole rings is 1. The maximum atomic E-state index is 13.0. The summed E-state index contributed by atoms with van der Waals surface area (Å²) < 4.78 is 10.9. The molecular formula is C24H23N3O4. The average Bonchev–Trinajstić information content (AvgIpc) is 3.39. The molecule has 158 valence electrons. The first-order valence-corrected chi connectivity index (χ1v) is 10.1. The number of fused-ring (bicyclic) bond motifs is 2. The van der Waals surface area contributed by atoms with Gasteiger partial charge in [0.2, 0.25) is 0 Å². The highest BCUT2D eigenvalue weighted by molar-refractivity contribution is 5.88. The van der Waals surface area contributed by atoms with Gasteiger partial charge in [0.15, 0.2) is 17.6 Å². The summed E-state index contributed by atoms with van der Waals surface area (Å²) in [5, 5.41) is 11.0. The van der Waals surface area contributed by atoms with Crippen LogP contribution in [-0.2, 0) is 6.42 Å². The molecule has 7 heteroatoms. The Bertz CT molecular complexity index is 1320. The molecule has 2 heterocycles. The number of aromatic nitrogens is 2. The van der Waals surface area contributed by atoms with Crippen molar-refractivity contribution in [3.8, 4) is 28.3 Å². The fourth-order valence-corrected chi connectivity index (χ4v) is 4.53. The van der Waals surface area contributed by atoms with Gasteiger partial charge in [-0.3, -0.25) is 4.79 Å². The molecule has 2 N–H and O–H groups in total. The Morgan fingerprint density at radius 3 is 2.77 bits per heavy atom. The number of pyridine rings is 1. The number of hydrogen-bond donors (Lipinski definition) is 2. The molecule has 1 aliphatic carbocycles. The lowest BCUT2D eigenvalue weighted by Gasteiger charge is -2.24. The second kappa shape index (κ2) is 7.37. The van der Waals surface area contributed by atoms with Gasteiger partial charge in [0, 0.05) is 29.6 Å². The van der Waals surface area contributed by atoms with Crippen LogP contribution in [0, 0.1) is 0 Å². The molecule has 0 amide bonds. The number of aromatic amines is 1. The molecule has 0 radical (unpaired) electrons. The maximum Gasteiger partial charge on any atom is 0.190 e. The van der Waals surface area contributed by atoms with E-state index in [0.717, 1.165) is 16.7 Å². The van der Waals surface area contributed by atoms with E-state index in [1.165, 1.54) is 6.39 Å². The highest BCUT2D eigenvalue weighted by Crippen LogP contribution is 2.38. The van der Waals surface area contributed by atoms with Crippen LogP contribution < -0.4 is 10.2 Å². The van der Waals surface area contributed by atoms with Crippen molar-refractivity contribution in [2.75, 3.05) is 21.2 Å². The number of methoxy groups -OCH3 is 1. The van der Waals surface area contributed by atoms with Crippen molar-refractivity contribution >= 4 is 10.9 Å². The highest BCUT2D eigenvalue weighted by atomic mass is 16.5. The van der Waals surface area contributed by atoms with E-state index in [0.29, 0.717) is 40.1 Å². The molecule has 0 spiro atoms. The Morgan fingerprint density at radius 2 is 2.06 bits per heavy atom. The summed E-state index contributed by atoms with van der Waals surface area (Å²) in [6.45, 7) is 0. The van der Waals surface area contributed by atoms with Crippen LogP contribution in [0.4, 0.5) is 0 Å². The molecule has 0 aliphatic heterocycles. The van der Waals surface area contributed by atoms with Crippen molar-refractivity contribution in [3.63, 3.8) is 0 Å². The number of aliphatic hydroxyl groups excluding tert-OH is 1. The van der Waals surface area contributed by atoms with Gasteiger partial charge in [-0.2, -0.15) is 0 Å². The maximum absolute atomic E-state index is 13.0. The lowest BCUT2D eigenvalue weighted by atomic mass is 10.0. The SMILES string of the molecule is COc1cc2[nH]c(-c3ccc4c(c3)[C@H](N(C)C)[C@@H](O)C4)cc(=O)c2cc1-c1cnco1. The zero-order chi connectivity index (χ0) is 21.7. The van der Waals surface area contributed by atoms with E-state index >= 15 is 0 Å². The van der Waals surface area contributed by atoms with Crippen molar-refractivity contribution in [3.05, 3.63) is 70.3 Å².